The van der Waals surface area contributed by atoms with Gasteiger partial charge in [0.2, 0.25) is 5.91 Å². The van der Waals surface area contributed by atoms with Gasteiger partial charge in [0.15, 0.2) is 0 Å². The van der Waals surface area contributed by atoms with Crippen molar-refractivity contribution in [1.82, 2.24) is 0 Å². The molecule has 2 rings (SSSR count). The summed E-state index contributed by atoms with van der Waals surface area (Å²) >= 11 is 0. The topological polar surface area (TPSA) is 55.1 Å². The number of hydrogen-bond donors (Lipinski definition) is 2. The van der Waals surface area contributed by atoms with E-state index >= 15 is 0 Å². The molecule has 0 saturated carbocycles. The summed E-state index contributed by atoms with van der Waals surface area (Å²) in [5, 5.41) is 5.12. The lowest BCUT2D eigenvalue weighted by Crippen LogP contribution is -2.47. The fourth-order valence-corrected chi connectivity index (χ4v) is 1.70. The van der Waals surface area contributed by atoms with E-state index in [0.717, 1.165) is 16.5 Å². The Kier molecular flexibility index (Phi) is 3.34. The van der Waals surface area contributed by atoms with Gasteiger partial charge in [-0.25, -0.2) is 0 Å². The third-order valence-electron chi connectivity index (χ3n) is 3.26. The third kappa shape index (κ3) is 2.51. The van der Waals surface area contributed by atoms with E-state index in [9.17, 15) is 4.79 Å². The molecule has 18 heavy (non-hydrogen) atoms. The second-order valence-electron chi connectivity index (χ2n) is 4.79. The summed E-state index contributed by atoms with van der Waals surface area (Å²) in [5.74, 6) is -0.153. The van der Waals surface area contributed by atoms with Gasteiger partial charge >= 0.3 is 0 Å². The molecule has 0 bridgehead atoms. The van der Waals surface area contributed by atoms with E-state index < -0.39 is 5.54 Å². The number of nitrogens with one attached hydrogen (secondary N) is 1. The summed E-state index contributed by atoms with van der Waals surface area (Å²) in [6.45, 7) is 3.64. The number of benzene rings is 2. The van der Waals surface area contributed by atoms with E-state index in [1.807, 2.05) is 49.4 Å². The number of rotatable bonds is 3. The summed E-state index contributed by atoms with van der Waals surface area (Å²) in [5.41, 5.74) is 5.86. The average molecular weight is 242 g/mol. The van der Waals surface area contributed by atoms with Crippen molar-refractivity contribution in [3.63, 3.8) is 0 Å². The molecule has 0 aliphatic carbocycles. The molecule has 0 aliphatic rings. The molecule has 1 amide bonds. The third-order valence-corrected chi connectivity index (χ3v) is 3.26. The molecule has 0 fully saturated rings. The number of nitrogens with two attached hydrogens (primary N) is 1. The smallest absolute Gasteiger partial charge is 0.244 e. The standard InChI is InChI=1S/C15H18N2O/c1-3-15(2,16)14(18)17-13-9-8-11-6-4-5-7-12(11)10-13/h4-10H,3,16H2,1-2H3,(H,17,18). The van der Waals surface area contributed by atoms with Crippen LogP contribution in [0.4, 0.5) is 5.69 Å². The van der Waals surface area contributed by atoms with Crippen LogP contribution in [0.5, 0.6) is 0 Å². The average Bonchev–Trinajstić information content (AvgIpc) is 2.38. The number of fused-ring (bicyclic) bond motifs is 1. The van der Waals surface area contributed by atoms with Crippen molar-refractivity contribution in [2.24, 2.45) is 5.73 Å². The summed E-state index contributed by atoms with van der Waals surface area (Å²) < 4.78 is 0. The summed E-state index contributed by atoms with van der Waals surface area (Å²) in [4.78, 5) is 12.0. The maximum Gasteiger partial charge on any atom is 0.244 e. The van der Waals surface area contributed by atoms with Crippen LogP contribution < -0.4 is 11.1 Å². The molecule has 0 saturated heterocycles. The Hall–Kier alpha value is -1.87. The second kappa shape index (κ2) is 4.78. The van der Waals surface area contributed by atoms with Crippen molar-refractivity contribution in [2.45, 2.75) is 25.8 Å². The Morgan fingerprint density at radius 3 is 2.56 bits per heavy atom. The molecule has 1 unspecified atom stereocenters. The van der Waals surface area contributed by atoms with Crippen molar-refractivity contribution in [3.05, 3.63) is 42.5 Å². The van der Waals surface area contributed by atoms with Crippen molar-refractivity contribution in [1.29, 1.82) is 0 Å². The van der Waals surface area contributed by atoms with Gasteiger partial charge in [-0.3, -0.25) is 4.79 Å². The van der Waals surface area contributed by atoms with Gasteiger partial charge < -0.3 is 11.1 Å². The van der Waals surface area contributed by atoms with Crippen molar-refractivity contribution < 1.29 is 4.79 Å². The normalized spacial score (nSPS) is 14.2. The molecule has 1 atom stereocenters. The maximum absolute atomic E-state index is 12.0. The van der Waals surface area contributed by atoms with Gasteiger partial charge in [-0.15, -0.1) is 0 Å². The summed E-state index contributed by atoms with van der Waals surface area (Å²) in [6, 6.07) is 13.9. The van der Waals surface area contributed by atoms with Crippen LogP contribution in [0.15, 0.2) is 42.5 Å². The van der Waals surface area contributed by atoms with Crippen molar-refractivity contribution >= 4 is 22.4 Å². The van der Waals surface area contributed by atoms with Crippen molar-refractivity contribution in [2.75, 3.05) is 5.32 Å². The van der Waals surface area contributed by atoms with Crippen LogP contribution in [-0.2, 0) is 4.79 Å². The highest BCUT2D eigenvalue weighted by Gasteiger charge is 2.25. The van der Waals surface area contributed by atoms with Crippen LogP contribution >= 0.6 is 0 Å². The molecule has 0 heterocycles. The number of amides is 1. The SMILES string of the molecule is CCC(C)(N)C(=O)Nc1ccc2ccccc2c1. The molecular weight excluding hydrogens is 224 g/mol. The van der Waals surface area contributed by atoms with Gasteiger partial charge in [0.25, 0.3) is 0 Å². The first-order valence-electron chi connectivity index (χ1n) is 6.12. The number of carbonyl (C=O) groups is 1. The zero-order chi connectivity index (χ0) is 13.2. The first kappa shape index (κ1) is 12.6. The van der Waals surface area contributed by atoms with E-state index in [0.29, 0.717) is 6.42 Å². The predicted octanol–water partition coefficient (Wildman–Crippen LogP) is 2.91. The lowest BCUT2D eigenvalue weighted by atomic mass is 9.99. The highest BCUT2D eigenvalue weighted by Crippen LogP contribution is 2.19. The maximum atomic E-state index is 12.0. The van der Waals surface area contributed by atoms with Gasteiger partial charge in [-0.1, -0.05) is 37.3 Å². The Morgan fingerprint density at radius 2 is 1.89 bits per heavy atom. The minimum atomic E-state index is -0.828. The van der Waals surface area contributed by atoms with Gasteiger partial charge in [-0.05, 0) is 36.2 Å². The molecule has 0 aromatic heterocycles. The molecule has 0 aliphatic heterocycles. The van der Waals surface area contributed by atoms with E-state index in [4.69, 9.17) is 5.73 Å². The van der Waals surface area contributed by atoms with Crippen LogP contribution in [0.1, 0.15) is 20.3 Å². The zero-order valence-electron chi connectivity index (χ0n) is 10.7. The highest BCUT2D eigenvalue weighted by atomic mass is 16.2. The van der Waals surface area contributed by atoms with E-state index in [2.05, 4.69) is 5.32 Å². The number of anilines is 1. The second-order valence-corrected chi connectivity index (χ2v) is 4.79. The van der Waals surface area contributed by atoms with Crippen molar-refractivity contribution in [3.8, 4) is 0 Å². The van der Waals surface area contributed by atoms with Gasteiger partial charge in [0, 0.05) is 5.69 Å². The van der Waals surface area contributed by atoms with Gasteiger partial charge in [-0.2, -0.15) is 0 Å². The first-order valence-corrected chi connectivity index (χ1v) is 6.12. The molecular formula is C15H18N2O. The summed E-state index contributed by atoms with van der Waals surface area (Å²) in [7, 11) is 0. The molecule has 0 spiro atoms. The van der Waals surface area contributed by atoms with E-state index in [-0.39, 0.29) is 5.91 Å². The van der Waals surface area contributed by atoms with Gasteiger partial charge in [0.05, 0.1) is 5.54 Å². The molecule has 2 aromatic rings. The Labute approximate surface area is 107 Å². The predicted molar refractivity (Wildman–Crippen MR) is 75.5 cm³/mol. The highest BCUT2D eigenvalue weighted by molar-refractivity contribution is 5.99. The summed E-state index contributed by atoms with van der Waals surface area (Å²) in [6.07, 6.45) is 0.604. The Balaban J connectivity index is 2.25. The molecule has 3 nitrogen and oxygen atoms in total. The quantitative estimate of drug-likeness (QED) is 0.869. The fraction of sp³-hybridized carbons (Fsp3) is 0.267. The largest absolute Gasteiger partial charge is 0.324 e. The Bertz CT molecular complexity index is 575. The molecule has 3 N–H and O–H groups in total. The van der Waals surface area contributed by atoms with Crippen LogP contribution in [0.3, 0.4) is 0 Å². The minimum absolute atomic E-state index is 0.153. The molecule has 3 heteroatoms. The van der Waals surface area contributed by atoms with Gasteiger partial charge in [0.1, 0.15) is 0 Å². The van der Waals surface area contributed by atoms with Crippen LogP contribution in [-0.4, -0.2) is 11.4 Å². The van der Waals surface area contributed by atoms with Crippen LogP contribution in [0.25, 0.3) is 10.8 Å². The fourth-order valence-electron chi connectivity index (χ4n) is 1.70. The van der Waals surface area contributed by atoms with Crippen LogP contribution in [0.2, 0.25) is 0 Å². The molecule has 0 radical (unpaired) electrons. The molecule has 94 valence electrons. The number of hydrogen-bond acceptors (Lipinski definition) is 2. The lowest BCUT2D eigenvalue weighted by Gasteiger charge is -2.21. The minimum Gasteiger partial charge on any atom is -0.324 e. The zero-order valence-corrected chi connectivity index (χ0v) is 10.7. The van der Waals surface area contributed by atoms with E-state index in [1.54, 1.807) is 6.92 Å². The van der Waals surface area contributed by atoms with E-state index in [1.165, 1.54) is 0 Å². The first-order chi connectivity index (χ1) is 8.53. The van der Waals surface area contributed by atoms with Crippen LogP contribution in [0, 0.1) is 0 Å². The monoisotopic (exact) mass is 242 g/mol. The number of carbonyl (C=O) groups excluding carboxylic acids is 1. The Morgan fingerprint density at radius 1 is 1.22 bits per heavy atom. The lowest BCUT2D eigenvalue weighted by molar-refractivity contribution is -0.120. The molecule has 2 aromatic carbocycles.